The van der Waals surface area contributed by atoms with Gasteiger partial charge in [0, 0.05) is 49.1 Å². The number of thiazole rings is 1. The van der Waals surface area contributed by atoms with Gasteiger partial charge in [0.15, 0.2) is 11.5 Å². The molecular weight excluding hydrogens is 518 g/mol. The number of hydrogen-bond donors (Lipinski definition) is 1. The number of piperidine rings is 1. The number of pyridine rings is 2. The summed E-state index contributed by atoms with van der Waals surface area (Å²) in [6.07, 6.45) is 5.11. The first-order valence-corrected chi connectivity index (χ1v) is 14.3. The van der Waals surface area contributed by atoms with Gasteiger partial charge in [-0.2, -0.15) is 5.10 Å². The Hall–Kier alpha value is -3.57. The van der Waals surface area contributed by atoms with E-state index in [4.69, 9.17) is 0 Å². The van der Waals surface area contributed by atoms with Crippen LogP contribution in [0.4, 0.5) is 5.82 Å². The standard InChI is InChI=1S/C27H29N7O2S2/c1-5-13-37-26-19(7-6-10-28-26)27(36)34-11-8-18(9-12-34)25-30-20(15-38-25)24(35)31-22-21-16(2)14-17(3)29-23(21)33(4)32-22/h5-7,10,14-15,18H,1,8-9,11-13H2,2-4H3,(H,31,32,35). The predicted molar refractivity (Wildman–Crippen MR) is 151 cm³/mol. The maximum atomic E-state index is 13.2. The van der Waals surface area contributed by atoms with Crippen molar-refractivity contribution in [2.24, 2.45) is 7.05 Å². The molecular formula is C27H29N7O2S2. The Morgan fingerprint density at radius 1 is 1.26 bits per heavy atom. The van der Waals surface area contributed by atoms with Crippen molar-refractivity contribution in [2.75, 3.05) is 24.2 Å². The molecule has 0 aliphatic carbocycles. The summed E-state index contributed by atoms with van der Waals surface area (Å²) in [7, 11) is 1.82. The lowest BCUT2D eigenvalue weighted by Crippen LogP contribution is -2.38. The van der Waals surface area contributed by atoms with Crippen LogP contribution in [-0.2, 0) is 7.05 Å². The molecule has 0 aromatic carbocycles. The summed E-state index contributed by atoms with van der Waals surface area (Å²) < 4.78 is 1.68. The van der Waals surface area contributed by atoms with Crippen molar-refractivity contribution in [2.45, 2.75) is 37.6 Å². The second-order valence-corrected chi connectivity index (χ2v) is 11.2. The number of rotatable bonds is 7. The largest absolute Gasteiger partial charge is 0.339 e. The van der Waals surface area contributed by atoms with Gasteiger partial charge in [-0.1, -0.05) is 6.08 Å². The Labute approximate surface area is 229 Å². The highest BCUT2D eigenvalue weighted by Crippen LogP contribution is 2.32. The Balaban J connectivity index is 1.24. The average molecular weight is 548 g/mol. The third kappa shape index (κ3) is 5.21. The molecule has 2 amide bonds. The fraction of sp³-hybridized carbons (Fsp3) is 0.333. The molecule has 1 aliphatic rings. The minimum Gasteiger partial charge on any atom is -0.339 e. The van der Waals surface area contributed by atoms with Gasteiger partial charge in [-0.15, -0.1) is 29.7 Å². The SMILES string of the molecule is C=CCSc1ncccc1C(=O)N1CCC(c2nc(C(=O)Nc3nn(C)c4nc(C)cc(C)c34)cs2)CC1. The molecule has 1 aliphatic heterocycles. The van der Waals surface area contributed by atoms with Crippen molar-refractivity contribution in [3.05, 3.63) is 70.0 Å². The monoisotopic (exact) mass is 547 g/mol. The number of hydrogen-bond acceptors (Lipinski definition) is 8. The number of aryl methyl sites for hydroxylation is 3. The van der Waals surface area contributed by atoms with Crippen molar-refractivity contribution in [1.82, 2.24) is 29.6 Å². The Morgan fingerprint density at radius 3 is 2.82 bits per heavy atom. The van der Waals surface area contributed by atoms with Crippen LogP contribution in [0.25, 0.3) is 11.0 Å². The molecule has 11 heteroatoms. The van der Waals surface area contributed by atoms with Crippen molar-refractivity contribution >= 4 is 51.8 Å². The van der Waals surface area contributed by atoms with E-state index in [1.165, 1.54) is 23.1 Å². The summed E-state index contributed by atoms with van der Waals surface area (Å²) in [5.74, 6) is 1.11. The summed E-state index contributed by atoms with van der Waals surface area (Å²) in [5.41, 5.74) is 3.65. The molecule has 5 rings (SSSR count). The predicted octanol–water partition coefficient (Wildman–Crippen LogP) is 4.99. The first-order chi connectivity index (χ1) is 18.4. The molecule has 4 aromatic rings. The maximum absolute atomic E-state index is 13.2. The fourth-order valence-electron chi connectivity index (χ4n) is 4.74. The highest BCUT2D eigenvalue weighted by molar-refractivity contribution is 7.99. The second-order valence-electron chi connectivity index (χ2n) is 9.30. The molecule has 0 spiro atoms. The molecule has 0 saturated carbocycles. The van der Waals surface area contributed by atoms with Gasteiger partial charge in [-0.3, -0.25) is 9.59 Å². The number of nitrogens with one attached hydrogen (secondary N) is 1. The number of amides is 2. The molecule has 0 atom stereocenters. The summed E-state index contributed by atoms with van der Waals surface area (Å²) in [5, 5.41) is 11.7. The lowest BCUT2D eigenvalue weighted by Gasteiger charge is -2.31. The number of anilines is 1. The molecule has 38 heavy (non-hydrogen) atoms. The normalized spacial score (nSPS) is 14.1. The highest BCUT2D eigenvalue weighted by atomic mass is 32.2. The number of aromatic nitrogens is 5. The van der Waals surface area contributed by atoms with E-state index in [2.05, 4.69) is 31.9 Å². The molecule has 196 valence electrons. The Kier molecular flexibility index (Phi) is 7.57. The van der Waals surface area contributed by atoms with E-state index < -0.39 is 0 Å². The van der Waals surface area contributed by atoms with Gasteiger partial charge in [0.1, 0.15) is 10.7 Å². The zero-order valence-corrected chi connectivity index (χ0v) is 23.2. The Bertz CT molecular complexity index is 1520. The lowest BCUT2D eigenvalue weighted by atomic mass is 9.97. The van der Waals surface area contributed by atoms with Crippen molar-refractivity contribution in [3.63, 3.8) is 0 Å². The number of thioether (sulfide) groups is 1. The maximum Gasteiger partial charge on any atom is 0.276 e. The van der Waals surface area contributed by atoms with E-state index in [1.54, 1.807) is 28.4 Å². The van der Waals surface area contributed by atoms with Crippen LogP contribution in [-0.4, -0.2) is 60.3 Å². The fourth-order valence-corrected chi connectivity index (χ4v) is 6.43. The summed E-state index contributed by atoms with van der Waals surface area (Å²) in [6, 6.07) is 5.61. The van der Waals surface area contributed by atoms with Crippen molar-refractivity contribution in [1.29, 1.82) is 0 Å². The third-order valence-electron chi connectivity index (χ3n) is 6.58. The molecule has 1 fully saturated rings. The molecule has 1 saturated heterocycles. The number of fused-ring (bicyclic) bond motifs is 1. The Morgan fingerprint density at radius 2 is 2.05 bits per heavy atom. The van der Waals surface area contributed by atoms with Gasteiger partial charge in [0.25, 0.3) is 11.8 Å². The van der Waals surface area contributed by atoms with Crippen LogP contribution < -0.4 is 5.32 Å². The van der Waals surface area contributed by atoms with Gasteiger partial charge in [-0.05, 0) is 50.5 Å². The lowest BCUT2D eigenvalue weighted by molar-refractivity contribution is 0.0708. The topological polar surface area (TPSA) is 106 Å². The summed E-state index contributed by atoms with van der Waals surface area (Å²) >= 11 is 3.00. The van der Waals surface area contributed by atoms with E-state index in [0.29, 0.717) is 35.9 Å². The smallest absolute Gasteiger partial charge is 0.276 e. The van der Waals surface area contributed by atoms with Crippen LogP contribution in [0, 0.1) is 13.8 Å². The molecule has 9 nitrogen and oxygen atoms in total. The van der Waals surface area contributed by atoms with Crippen molar-refractivity contribution < 1.29 is 9.59 Å². The first kappa shape index (κ1) is 26.1. The molecule has 1 N–H and O–H groups in total. The third-order valence-corrected chi connectivity index (χ3v) is 8.58. The molecule has 5 heterocycles. The first-order valence-electron chi connectivity index (χ1n) is 12.4. The summed E-state index contributed by atoms with van der Waals surface area (Å²) in [6.45, 7) is 8.95. The van der Waals surface area contributed by atoms with Crippen LogP contribution in [0.15, 0.2) is 47.5 Å². The molecule has 4 aromatic heterocycles. The van der Waals surface area contributed by atoms with E-state index in [-0.39, 0.29) is 17.7 Å². The van der Waals surface area contributed by atoms with Crippen LogP contribution in [0.3, 0.4) is 0 Å². The van der Waals surface area contributed by atoms with Gasteiger partial charge < -0.3 is 10.2 Å². The van der Waals surface area contributed by atoms with E-state index in [9.17, 15) is 9.59 Å². The molecule has 0 bridgehead atoms. The second kappa shape index (κ2) is 11.0. The number of likely N-dealkylation sites (tertiary alicyclic amines) is 1. The number of carbonyl (C=O) groups is 2. The highest BCUT2D eigenvalue weighted by Gasteiger charge is 2.28. The zero-order valence-electron chi connectivity index (χ0n) is 21.6. The van der Waals surface area contributed by atoms with Gasteiger partial charge in [0.05, 0.1) is 16.0 Å². The minimum atomic E-state index is -0.291. The number of nitrogens with zero attached hydrogens (tertiary/aromatic N) is 6. The average Bonchev–Trinajstić information content (AvgIpc) is 3.53. The van der Waals surface area contributed by atoms with Crippen LogP contribution in [0.5, 0.6) is 0 Å². The van der Waals surface area contributed by atoms with Crippen molar-refractivity contribution in [3.8, 4) is 0 Å². The van der Waals surface area contributed by atoms with Gasteiger partial charge in [-0.25, -0.2) is 19.6 Å². The minimum absolute atomic E-state index is 0.00452. The zero-order chi connectivity index (χ0) is 26.8. The van der Waals surface area contributed by atoms with E-state index in [1.807, 2.05) is 37.9 Å². The molecule has 0 radical (unpaired) electrons. The van der Waals surface area contributed by atoms with Gasteiger partial charge in [0.2, 0.25) is 0 Å². The summed E-state index contributed by atoms with van der Waals surface area (Å²) in [4.78, 5) is 41.7. The van der Waals surface area contributed by atoms with E-state index >= 15 is 0 Å². The van der Waals surface area contributed by atoms with Crippen LogP contribution in [0.1, 0.15) is 55.9 Å². The number of carbonyl (C=O) groups excluding carboxylic acids is 2. The van der Waals surface area contributed by atoms with Gasteiger partial charge >= 0.3 is 0 Å². The quantitative estimate of drug-likeness (QED) is 0.257. The molecule has 0 unspecified atom stereocenters. The van der Waals surface area contributed by atoms with Crippen LogP contribution in [0.2, 0.25) is 0 Å². The van der Waals surface area contributed by atoms with E-state index in [0.717, 1.165) is 45.2 Å². The van der Waals surface area contributed by atoms with Crippen LogP contribution >= 0.6 is 23.1 Å².